The third-order valence-electron chi connectivity index (χ3n) is 2.82. The number of pyridine rings is 1. The van der Waals surface area contributed by atoms with Crippen LogP contribution in [0.2, 0.25) is 0 Å². The van der Waals surface area contributed by atoms with Crippen LogP contribution in [0.1, 0.15) is 28.8 Å². The van der Waals surface area contributed by atoms with Crippen LogP contribution < -0.4 is 5.32 Å². The molecule has 1 aromatic heterocycles. The molecule has 86 valence electrons. The van der Waals surface area contributed by atoms with E-state index >= 15 is 0 Å². The van der Waals surface area contributed by atoms with Crippen molar-refractivity contribution >= 4 is 5.91 Å². The number of ether oxygens (including phenoxy) is 1. The van der Waals surface area contributed by atoms with Gasteiger partial charge in [0.2, 0.25) is 0 Å². The number of carbonyl (C=O) groups excluding carboxylic acids is 1. The highest BCUT2D eigenvalue weighted by atomic mass is 16.5. The molecule has 0 aliphatic carbocycles. The number of nitrogens with zero attached hydrogens (tertiary/aromatic N) is 1. The van der Waals surface area contributed by atoms with E-state index in [1.807, 2.05) is 6.92 Å². The zero-order valence-electron chi connectivity index (χ0n) is 9.40. The SMILES string of the molecule is Cc1cnccc1C(=O)NC1CCOCC1. The number of aryl methyl sites for hydroxylation is 1. The number of nitrogens with one attached hydrogen (secondary N) is 1. The summed E-state index contributed by atoms with van der Waals surface area (Å²) >= 11 is 0. The molecule has 0 radical (unpaired) electrons. The van der Waals surface area contributed by atoms with Gasteiger partial charge in [0.1, 0.15) is 0 Å². The quantitative estimate of drug-likeness (QED) is 0.817. The van der Waals surface area contributed by atoms with Crippen LogP contribution in [0.25, 0.3) is 0 Å². The molecule has 0 saturated carbocycles. The van der Waals surface area contributed by atoms with Crippen molar-refractivity contribution in [2.24, 2.45) is 0 Å². The van der Waals surface area contributed by atoms with E-state index in [2.05, 4.69) is 10.3 Å². The van der Waals surface area contributed by atoms with Crippen molar-refractivity contribution in [3.63, 3.8) is 0 Å². The molecule has 1 aliphatic rings. The molecule has 1 fully saturated rings. The van der Waals surface area contributed by atoms with Crippen LogP contribution in [0.3, 0.4) is 0 Å². The molecule has 0 unspecified atom stereocenters. The van der Waals surface area contributed by atoms with Crippen molar-refractivity contribution in [1.82, 2.24) is 10.3 Å². The van der Waals surface area contributed by atoms with Crippen LogP contribution in [0.15, 0.2) is 18.5 Å². The minimum absolute atomic E-state index is 0.00759. The predicted octanol–water partition coefficient (Wildman–Crippen LogP) is 1.30. The number of amides is 1. The molecule has 1 amide bonds. The van der Waals surface area contributed by atoms with Gasteiger partial charge in [-0.1, -0.05) is 0 Å². The van der Waals surface area contributed by atoms with E-state index in [4.69, 9.17) is 4.74 Å². The smallest absolute Gasteiger partial charge is 0.251 e. The topological polar surface area (TPSA) is 51.2 Å². The molecule has 0 bridgehead atoms. The Morgan fingerprint density at radius 2 is 2.25 bits per heavy atom. The average molecular weight is 220 g/mol. The van der Waals surface area contributed by atoms with Gasteiger partial charge in [0, 0.05) is 37.2 Å². The summed E-state index contributed by atoms with van der Waals surface area (Å²) in [5.41, 5.74) is 1.62. The molecule has 0 aromatic carbocycles. The molecule has 2 heterocycles. The highest BCUT2D eigenvalue weighted by molar-refractivity contribution is 5.95. The Labute approximate surface area is 95.0 Å². The third kappa shape index (κ3) is 2.58. The molecule has 1 aliphatic heterocycles. The lowest BCUT2D eigenvalue weighted by atomic mass is 10.1. The van der Waals surface area contributed by atoms with Crippen molar-refractivity contribution in [2.45, 2.75) is 25.8 Å². The van der Waals surface area contributed by atoms with Crippen molar-refractivity contribution in [3.05, 3.63) is 29.6 Å². The number of rotatable bonds is 2. The zero-order chi connectivity index (χ0) is 11.4. The Morgan fingerprint density at radius 1 is 1.50 bits per heavy atom. The van der Waals surface area contributed by atoms with Crippen molar-refractivity contribution < 1.29 is 9.53 Å². The standard InChI is InChI=1S/C12H16N2O2/c1-9-8-13-5-2-11(9)12(15)14-10-3-6-16-7-4-10/h2,5,8,10H,3-4,6-7H2,1H3,(H,14,15). The van der Waals surface area contributed by atoms with Gasteiger partial charge in [-0.15, -0.1) is 0 Å². The molecule has 4 nitrogen and oxygen atoms in total. The zero-order valence-corrected chi connectivity index (χ0v) is 9.40. The summed E-state index contributed by atoms with van der Waals surface area (Å²) in [6.45, 7) is 3.37. The molecule has 0 spiro atoms. The van der Waals surface area contributed by atoms with E-state index < -0.39 is 0 Å². The first-order valence-corrected chi connectivity index (χ1v) is 5.56. The summed E-state index contributed by atoms with van der Waals surface area (Å²) in [6, 6.07) is 2.00. The first kappa shape index (κ1) is 11.1. The van der Waals surface area contributed by atoms with Crippen LogP contribution in [0.5, 0.6) is 0 Å². The highest BCUT2D eigenvalue weighted by Crippen LogP contribution is 2.09. The van der Waals surface area contributed by atoms with Crippen LogP contribution in [-0.4, -0.2) is 30.1 Å². The maximum atomic E-state index is 12.0. The first-order chi connectivity index (χ1) is 7.77. The Kier molecular flexibility index (Phi) is 3.51. The molecular formula is C12H16N2O2. The minimum Gasteiger partial charge on any atom is -0.381 e. The van der Waals surface area contributed by atoms with Gasteiger partial charge in [-0.25, -0.2) is 0 Å². The number of aromatic nitrogens is 1. The average Bonchev–Trinajstić information content (AvgIpc) is 2.31. The van der Waals surface area contributed by atoms with Crippen LogP contribution in [0, 0.1) is 6.92 Å². The molecule has 2 rings (SSSR count). The van der Waals surface area contributed by atoms with Gasteiger partial charge in [-0.05, 0) is 31.4 Å². The number of hydrogen-bond acceptors (Lipinski definition) is 3. The van der Waals surface area contributed by atoms with E-state index in [9.17, 15) is 4.79 Å². The largest absolute Gasteiger partial charge is 0.381 e. The van der Waals surface area contributed by atoms with Gasteiger partial charge in [0.05, 0.1) is 0 Å². The fraction of sp³-hybridized carbons (Fsp3) is 0.500. The van der Waals surface area contributed by atoms with Gasteiger partial charge >= 0.3 is 0 Å². The van der Waals surface area contributed by atoms with Crippen molar-refractivity contribution in [1.29, 1.82) is 0 Å². The lowest BCUT2D eigenvalue weighted by Gasteiger charge is -2.23. The van der Waals surface area contributed by atoms with E-state index in [-0.39, 0.29) is 11.9 Å². The van der Waals surface area contributed by atoms with E-state index in [1.165, 1.54) is 0 Å². The predicted molar refractivity (Wildman–Crippen MR) is 60.3 cm³/mol. The van der Waals surface area contributed by atoms with Gasteiger partial charge in [-0.2, -0.15) is 0 Å². The minimum atomic E-state index is -0.00759. The second kappa shape index (κ2) is 5.07. The summed E-state index contributed by atoms with van der Waals surface area (Å²) in [5, 5.41) is 3.03. The summed E-state index contributed by atoms with van der Waals surface area (Å²) in [4.78, 5) is 15.9. The summed E-state index contributed by atoms with van der Waals surface area (Å²) in [7, 11) is 0. The van der Waals surface area contributed by atoms with Crippen molar-refractivity contribution in [2.75, 3.05) is 13.2 Å². The Morgan fingerprint density at radius 3 is 2.94 bits per heavy atom. The third-order valence-corrected chi connectivity index (χ3v) is 2.82. The Balaban J connectivity index is 2.00. The molecule has 1 N–H and O–H groups in total. The normalized spacial score (nSPS) is 17.1. The van der Waals surface area contributed by atoms with Gasteiger partial charge in [-0.3, -0.25) is 9.78 Å². The highest BCUT2D eigenvalue weighted by Gasteiger charge is 2.17. The maximum absolute atomic E-state index is 12.0. The van der Waals surface area contributed by atoms with Gasteiger partial charge in [0.25, 0.3) is 5.91 Å². The van der Waals surface area contributed by atoms with Gasteiger partial charge < -0.3 is 10.1 Å². The molecule has 1 aromatic rings. The lowest BCUT2D eigenvalue weighted by Crippen LogP contribution is -2.39. The van der Waals surface area contributed by atoms with Crippen LogP contribution in [0.4, 0.5) is 0 Å². The van der Waals surface area contributed by atoms with E-state index in [1.54, 1.807) is 18.5 Å². The molecule has 16 heavy (non-hydrogen) atoms. The second-order valence-electron chi connectivity index (χ2n) is 4.05. The van der Waals surface area contributed by atoms with E-state index in [0.29, 0.717) is 5.56 Å². The molecular weight excluding hydrogens is 204 g/mol. The number of carbonyl (C=O) groups is 1. The number of hydrogen-bond donors (Lipinski definition) is 1. The van der Waals surface area contributed by atoms with E-state index in [0.717, 1.165) is 31.6 Å². The summed E-state index contributed by atoms with van der Waals surface area (Å²) in [5.74, 6) is -0.00759. The monoisotopic (exact) mass is 220 g/mol. The van der Waals surface area contributed by atoms with Crippen molar-refractivity contribution in [3.8, 4) is 0 Å². The lowest BCUT2D eigenvalue weighted by molar-refractivity contribution is 0.0696. The Hall–Kier alpha value is -1.42. The fourth-order valence-electron chi connectivity index (χ4n) is 1.83. The van der Waals surface area contributed by atoms with Crippen LogP contribution in [-0.2, 0) is 4.74 Å². The summed E-state index contributed by atoms with van der Waals surface area (Å²) in [6.07, 6.45) is 5.15. The van der Waals surface area contributed by atoms with Crippen LogP contribution >= 0.6 is 0 Å². The first-order valence-electron chi connectivity index (χ1n) is 5.56. The maximum Gasteiger partial charge on any atom is 0.251 e. The molecule has 0 atom stereocenters. The molecule has 1 saturated heterocycles. The summed E-state index contributed by atoms with van der Waals surface area (Å²) < 4.78 is 5.25. The second-order valence-corrected chi connectivity index (χ2v) is 4.05. The fourth-order valence-corrected chi connectivity index (χ4v) is 1.83. The Bertz CT molecular complexity index is 373. The molecule has 4 heteroatoms. The van der Waals surface area contributed by atoms with Gasteiger partial charge in [0.15, 0.2) is 0 Å².